The number of ether oxygens (including phenoxy) is 2. The second-order valence-electron chi connectivity index (χ2n) is 5.31. The van der Waals surface area contributed by atoms with Crippen molar-refractivity contribution in [1.29, 1.82) is 0 Å². The fourth-order valence-corrected chi connectivity index (χ4v) is 1.80. The standard InChI is InChI=1S/C13H20N6O4.ClH.H2S/c1-7(2)8(14)12(21)23-4-3-22-6-19-5-16-9-10(19)17-13(15)18-11(9)20;;/h5,7-8H,3-4,6,14H2,1-2H3,(H3,15,17,18,20);1H;1H2/t8-;;/m0../s1. The van der Waals surface area contributed by atoms with Crippen molar-refractivity contribution in [2.45, 2.75) is 26.6 Å². The molecule has 2 aromatic rings. The van der Waals surface area contributed by atoms with Crippen molar-refractivity contribution in [3.8, 4) is 0 Å². The van der Waals surface area contributed by atoms with E-state index in [-0.39, 0.29) is 63.2 Å². The minimum absolute atomic E-state index is 0. The van der Waals surface area contributed by atoms with Gasteiger partial charge in [0.25, 0.3) is 5.56 Å². The molecular formula is C13H23ClN6O4S. The quantitative estimate of drug-likeness (QED) is 0.429. The molecule has 0 fully saturated rings. The van der Waals surface area contributed by atoms with Gasteiger partial charge in [0.15, 0.2) is 11.2 Å². The second kappa shape index (κ2) is 10.2. The summed E-state index contributed by atoms with van der Waals surface area (Å²) in [6.45, 7) is 4.04. The van der Waals surface area contributed by atoms with Crippen molar-refractivity contribution in [3.05, 3.63) is 16.7 Å². The molecule has 2 heterocycles. The molecule has 0 aliphatic carbocycles. The number of aromatic nitrogens is 4. The maximum Gasteiger partial charge on any atom is 0.323 e. The number of H-pyrrole nitrogens is 1. The van der Waals surface area contributed by atoms with Crippen LogP contribution in [0.15, 0.2) is 11.1 Å². The summed E-state index contributed by atoms with van der Waals surface area (Å²) >= 11 is 0. The van der Waals surface area contributed by atoms with E-state index in [2.05, 4.69) is 15.0 Å². The van der Waals surface area contributed by atoms with Gasteiger partial charge in [0.05, 0.1) is 12.9 Å². The van der Waals surface area contributed by atoms with Crippen LogP contribution in [0.25, 0.3) is 11.2 Å². The Morgan fingerprint density at radius 1 is 1.40 bits per heavy atom. The maximum absolute atomic E-state index is 11.6. The summed E-state index contributed by atoms with van der Waals surface area (Å²) in [6.07, 6.45) is 1.42. The molecule has 2 rings (SSSR count). The highest BCUT2D eigenvalue weighted by Gasteiger charge is 2.18. The molecule has 0 saturated carbocycles. The van der Waals surface area contributed by atoms with E-state index < -0.39 is 17.6 Å². The first kappa shape index (κ1) is 23.2. The molecule has 10 nitrogen and oxygen atoms in total. The van der Waals surface area contributed by atoms with Gasteiger partial charge in [-0.2, -0.15) is 18.5 Å². The van der Waals surface area contributed by atoms with Gasteiger partial charge in [-0.25, -0.2) is 4.98 Å². The first-order chi connectivity index (χ1) is 10.9. The van der Waals surface area contributed by atoms with Gasteiger partial charge in [-0.3, -0.25) is 19.1 Å². The average Bonchev–Trinajstić information content (AvgIpc) is 2.89. The number of carbonyl (C=O) groups excluding carboxylic acids is 1. The Morgan fingerprint density at radius 2 is 2.08 bits per heavy atom. The van der Waals surface area contributed by atoms with E-state index in [1.165, 1.54) is 10.9 Å². The number of anilines is 1. The van der Waals surface area contributed by atoms with E-state index in [9.17, 15) is 9.59 Å². The van der Waals surface area contributed by atoms with Crippen LogP contribution in [-0.2, 0) is 21.0 Å². The number of halogens is 1. The number of imidazole rings is 1. The number of aromatic amines is 1. The Kier molecular flexibility index (Phi) is 9.49. The summed E-state index contributed by atoms with van der Waals surface area (Å²) in [7, 11) is 0. The monoisotopic (exact) mass is 394 g/mol. The van der Waals surface area contributed by atoms with Crippen LogP contribution in [0, 0.1) is 5.92 Å². The number of rotatable bonds is 7. The van der Waals surface area contributed by atoms with Gasteiger partial charge in [-0.15, -0.1) is 12.4 Å². The number of nitrogens with two attached hydrogens (primary N) is 2. The highest BCUT2D eigenvalue weighted by Crippen LogP contribution is 2.06. The van der Waals surface area contributed by atoms with E-state index in [4.69, 9.17) is 20.9 Å². The van der Waals surface area contributed by atoms with Crippen molar-refractivity contribution in [2.24, 2.45) is 11.7 Å². The average molecular weight is 395 g/mol. The number of hydrogen-bond acceptors (Lipinski definition) is 8. The van der Waals surface area contributed by atoms with Crippen molar-refractivity contribution < 1.29 is 14.3 Å². The predicted molar refractivity (Wildman–Crippen MR) is 99.9 cm³/mol. The molecule has 0 aliphatic rings. The van der Waals surface area contributed by atoms with Gasteiger partial charge in [0.1, 0.15) is 19.4 Å². The summed E-state index contributed by atoms with van der Waals surface area (Å²) in [5.74, 6) is -0.450. The molecule has 0 aliphatic heterocycles. The van der Waals surface area contributed by atoms with Gasteiger partial charge in [-0.1, -0.05) is 13.8 Å². The van der Waals surface area contributed by atoms with Crippen LogP contribution in [0.2, 0.25) is 0 Å². The van der Waals surface area contributed by atoms with Crippen molar-refractivity contribution >= 4 is 49.0 Å². The zero-order valence-corrected chi connectivity index (χ0v) is 15.7. The molecule has 5 N–H and O–H groups in total. The first-order valence-corrected chi connectivity index (χ1v) is 7.10. The lowest BCUT2D eigenvalue weighted by atomic mass is 10.1. The van der Waals surface area contributed by atoms with Gasteiger partial charge >= 0.3 is 5.97 Å². The van der Waals surface area contributed by atoms with Crippen LogP contribution >= 0.6 is 25.9 Å². The third-order valence-corrected chi connectivity index (χ3v) is 3.19. The Morgan fingerprint density at radius 3 is 2.72 bits per heavy atom. The number of hydrogen-bond donors (Lipinski definition) is 3. The van der Waals surface area contributed by atoms with Crippen LogP contribution < -0.4 is 17.0 Å². The molecule has 0 aromatic carbocycles. The van der Waals surface area contributed by atoms with Crippen LogP contribution in [0.4, 0.5) is 5.95 Å². The largest absolute Gasteiger partial charge is 0.462 e. The molecule has 25 heavy (non-hydrogen) atoms. The Hall–Kier alpha value is -1.82. The molecule has 0 saturated heterocycles. The molecular weight excluding hydrogens is 372 g/mol. The van der Waals surface area contributed by atoms with E-state index in [0.29, 0.717) is 5.65 Å². The third kappa shape index (κ3) is 5.88. The Balaban J connectivity index is 0.00000288. The summed E-state index contributed by atoms with van der Waals surface area (Å²) < 4.78 is 11.9. The zero-order valence-electron chi connectivity index (χ0n) is 13.9. The number of nitrogen functional groups attached to an aromatic ring is 1. The summed E-state index contributed by atoms with van der Waals surface area (Å²) in [6, 6.07) is -0.647. The molecule has 0 amide bonds. The van der Waals surface area contributed by atoms with Crippen LogP contribution in [0.1, 0.15) is 13.8 Å². The van der Waals surface area contributed by atoms with Crippen LogP contribution in [0.3, 0.4) is 0 Å². The zero-order chi connectivity index (χ0) is 17.0. The van der Waals surface area contributed by atoms with Gasteiger partial charge in [-0.05, 0) is 5.92 Å². The molecule has 2 aromatic heterocycles. The first-order valence-electron chi connectivity index (χ1n) is 7.10. The number of nitrogens with one attached hydrogen (secondary N) is 1. The molecule has 0 spiro atoms. The third-order valence-electron chi connectivity index (χ3n) is 3.19. The second-order valence-corrected chi connectivity index (χ2v) is 5.31. The molecule has 0 unspecified atom stereocenters. The SMILES string of the molecule is CC(C)[C@H](N)C(=O)OCCOCn1cnc2c(=O)[nH]c(N)nc21.Cl.S. The van der Waals surface area contributed by atoms with Crippen molar-refractivity contribution in [2.75, 3.05) is 18.9 Å². The van der Waals surface area contributed by atoms with E-state index in [1.807, 2.05) is 13.8 Å². The summed E-state index contributed by atoms with van der Waals surface area (Å²) in [5, 5.41) is 0. The topological polar surface area (TPSA) is 151 Å². The molecule has 12 heteroatoms. The number of nitrogens with zero attached hydrogens (tertiary/aromatic N) is 3. The normalized spacial score (nSPS) is 11.7. The van der Waals surface area contributed by atoms with E-state index in [1.54, 1.807) is 0 Å². The predicted octanol–water partition coefficient (Wildman–Crippen LogP) is -0.263. The summed E-state index contributed by atoms with van der Waals surface area (Å²) in [5.41, 5.74) is 11.2. The van der Waals surface area contributed by atoms with E-state index >= 15 is 0 Å². The van der Waals surface area contributed by atoms with Crippen LogP contribution in [-0.4, -0.2) is 44.7 Å². The van der Waals surface area contributed by atoms with Crippen molar-refractivity contribution in [3.63, 3.8) is 0 Å². The molecule has 0 bridgehead atoms. The van der Waals surface area contributed by atoms with Crippen molar-refractivity contribution in [1.82, 2.24) is 19.5 Å². The highest BCUT2D eigenvalue weighted by atomic mass is 35.5. The number of esters is 1. The minimum Gasteiger partial charge on any atom is -0.462 e. The van der Waals surface area contributed by atoms with Gasteiger partial charge in [0.2, 0.25) is 5.95 Å². The Labute approximate surface area is 157 Å². The van der Waals surface area contributed by atoms with Crippen LogP contribution in [0.5, 0.6) is 0 Å². The lowest BCUT2D eigenvalue weighted by molar-refractivity contribution is -0.148. The minimum atomic E-state index is -0.647. The highest BCUT2D eigenvalue weighted by molar-refractivity contribution is 7.59. The Bertz CT molecular complexity index is 750. The summed E-state index contributed by atoms with van der Waals surface area (Å²) in [4.78, 5) is 33.5. The molecule has 1 atom stereocenters. The fourth-order valence-electron chi connectivity index (χ4n) is 1.80. The lowest BCUT2D eigenvalue weighted by Gasteiger charge is -2.14. The molecule has 0 radical (unpaired) electrons. The fraction of sp³-hybridized carbons (Fsp3) is 0.538. The number of carbonyl (C=O) groups is 1. The maximum atomic E-state index is 11.6. The molecule has 142 valence electrons. The van der Waals surface area contributed by atoms with Gasteiger partial charge in [0, 0.05) is 0 Å². The number of fused-ring (bicyclic) bond motifs is 1. The smallest absolute Gasteiger partial charge is 0.323 e. The lowest BCUT2D eigenvalue weighted by Crippen LogP contribution is -2.37. The van der Waals surface area contributed by atoms with E-state index in [0.717, 1.165) is 0 Å². The van der Waals surface area contributed by atoms with Gasteiger partial charge < -0.3 is 20.9 Å².